The Morgan fingerprint density at radius 3 is 2.70 bits per heavy atom. The van der Waals surface area contributed by atoms with Gasteiger partial charge in [-0.3, -0.25) is 9.48 Å². The fourth-order valence-corrected chi connectivity index (χ4v) is 3.46. The summed E-state index contributed by atoms with van der Waals surface area (Å²) < 4.78 is 35.8. The van der Waals surface area contributed by atoms with Gasteiger partial charge in [-0.2, -0.15) is 13.5 Å². The molecule has 8 heteroatoms. The molecule has 1 fully saturated rings. The third kappa shape index (κ3) is 3.00. The van der Waals surface area contributed by atoms with Crippen LogP contribution in [-0.4, -0.2) is 41.3 Å². The van der Waals surface area contributed by atoms with Crippen molar-refractivity contribution in [1.82, 2.24) is 14.7 Å². The number of nitrogens with zero attached hydrogens (tertiary/aromatic N) is 3. The van der Waals surface area contributed by atoms with Crippen LogP contribution in [0.25, 0.3) is 0 Å². The maximum absolute atomic E-state index is 12.7. The Bertz CT molecular complexity index is 626. The Kier molecular flexibility index (Phi) is 3.86. The van der Waals surface area contributed by atoms with E-state index >= 15 is 0 Å². The van der Waals surface area contributed by atoms with Crippen LogP contribution in [0.15, 0.2) is 6.20 Å². The molecular formula is C12H18FN3O3S. The molecule has 0 aromatic carbocycles. The Morgan fingerprint density at radius 2 is 2.20 bits per heavy atom. The predicted molar refractivity (Wildman–Crippen MR) is 71.1 cm³/mol. The zero-order valence-corrected chi connectivity index (χ0v) is 12.5. The van der Waals surface area contributed by atoms with Gasteiger partial charge in [-0.1, -0.05) is 0 Å². The van der Waals surface area contributed by atoms with Crippen molar-refractivity contribution in [3.63, 3.8) is 0 Å². The molecule has 2 unspecified atom stereocenters. The van der Waals surface area contributed by atoms with Crippen LogP contribution in [0, 0.1) is 12.8 Å². The summed E-state index contributed by atoms with van der Waals surface area (Å²) in [6.07, 6.45) is 1.78. The SMILES string of the molecule is Cc1c(C(C)N2CC(CS(=O)(=O)F)CC2=O)cnn1C. The zero-order valence-electron chi connectivity index (χ0n) is 11.7. The number of carbonyl (C=O) groups excluding carboxylic acids is 1. The van der Waals surface area contributed by atoms with Gasteiger partial charge in [0.15, 0.2) is 0 Å². The van der Waals surface area contributed by atoms with Crippen molar-refractivity contribution >= 4 is 16.1 Å². The number of aryl methyl sites for hydroxylation is 1. The lowest BCUT2D eigenvalue weighted by Gasteiger charge is -2.24. The van der Waals surface area contributed by atoms with Gasteiger partial charge in [0.1, 0.15) is 0 Å². The number of amides is 1. The summed E-state index contributed by atoms with van der Waals surface area (Å²) in [5, 5.41) is 4.13. The highest BCUT2D eigenvalue weighted by atomic mass is 32.3. The summed E-state index contributed by atoms with van der Waals surface area (Å²) in [6, 6.07) is -0.191. The van der Waals surface area contributed by atoms with Crippen molar-refractivity contribution in [2.24, 2.45) is 13.0 Å². The van der Waals surface area contributed by atoms with Crippen LogP contribution in [0.2, 0.25) is 0 Å². The van der Waals surface area contributed by atoms with Gasteiger partial charge in [-0.15, -0.1) is 3.89 Å². The molecule has 2 atom stereocenters. The molecule has 1 aliphatic rings. The number of rotatable bonds is 4. The van der Waals surface area contributed by atoms with E-state index in [1.54, 1.807) is 15.8 Å². The van der Waals surface area contributed by atoms with E-state index in [1.807, 2.05) is 20.9 Å². The van der Waals surface area contributed by atoms with Crippen LogP contribution in [0.1, 0.15) is 30.6 Å². The summed E-state index contributed by atoms with van der Waals surface area (Å²) in [4.78, 5) is 13.6. The molecule has 1 aliphatic heterocycles. The highest BCUT2D eigenvalue weighted by molar-refractivity contribution is 7.86. The minimum Gasteiger partial charge on any atom is -0.335 e. The average molecular weight is 303 g/mol. The third-order valence-electron chi connectivity index (χ3n) is 3.86. The van der Waals surface area contributed by atoms with Gasteiger partial charge in [0, 0.05) is 37.2 Å². The molecule has 1 aromatic rings. The second-order valence-electron chi connectivity index (χ2n) is 5.31. The van der Waals surface area contributed by atoms with Crippen LogP contribution in [-0.2, 0) is 22.1 Å². The molecule has 2 heterocycles. The largest absolute Gasteiger partial charge is 0.335 e. The second-order valence-corrected chi connectivity index (χ2v) is 6.72. The fraction of sp³-hybridized carbons (Fsp3) is 0.667. The van der Waals surface area contributed by atoms with Gasteiger partial charge in [-0.25, -0.2) is 0 Å². The van der Waals surface area contributed by atoms with Crippen molar-refractivity contribution in [3.8, 4) is 0 Å². The monoisotopic (exact) mass is 303 g/mol. The maximum Gasteiger partial charge on any atom is 0.302 e. The van der Waals surface area contributed by atoms with E-state index in [0.717, 1.165) is 11.3 Å². The molecule has 0 aliphatic carbocycles. The van der Waals surface area contributed by atoms with Gasteiger partial charge in [0.05, 0.1) is 18.0 Å². The van der Waals surface area contributed by atoms with Gasteiger partial charge >= 0.3 is 10.2 Å². The van der Waals surface area contributed by atoms with Crippen molar-refractivity contribution in [2.45, 2.75) is 26.3 Å². The first-order valence-electron chi connectivity index (χ1n) is 6.39. The molecule has 0 radical (unpaired) electrons. The molecule has 1 aromatic heterocycles. The first-order valence-corrected chi connectivity index (χ1v) is 7.94. The summed E-state index contributed by atoms with van der Waals surface area (Å²) in [5.74, 6) is -1.21. The van der Waals surface area contributed by atoms with E-state index in [0.29, 0.717) is 0 Å². The molecular weight excluding hydrogens is 285 g/mol. The number of carbonyl (C=O) groups is 1. The molecule has 2 rings (SSSR count). The van der Waals surface area contributed by atoms with E-state index in [1.165, 1.54) is 0 Å². The zero-order chi connectivity index (χ0) is 15.1. The van der Waals surface area contributed by atoms with Crippen LogP contribution < -0.4 is 0 Å². The molecule has 0 spiro atoms. The molecule has 20 heavy (non-hydrogen) atoms. The number of aromatic nitrogens is 2. The van der Waals surface area contributed by atoms with Crippen molar-refractivity contribution in [1.29, 1.82) is 0 Å². The second kappa shape index (κ2) is 5.16. The number of hydrogen-bond acceptors (Lipinski definition) is 4. The summed E-state index contributed by atoms with van der Waals surface area (Å²) in [6.45, 7) is 4.04. The number of hydrogen-bond donors (Lipinski definition) is 0. The molecule has 1 amide bonds. The highest BCUT2D eigenvalue weighted by Gasteiger charge is 2.36. The number of halogens is 1. The molecule has 6 nitrogen and oxygen atoms in total. The Morgan fingerprint density at radius 1 is 1.55 bits per heavy atom. The van der Waals surface area contributed by atoms with Crippen molar-refractivity contribution in [2.75, 3.05) is 12.3 Å². The molecule has 112 valence electrons. The maximum atomic E-state index is 12.7. The lowest BCUT2D eigenvalue weighted by Crippen LogP contribution is -2.29. The molecule has 0 bridgehead atoms. The van der Waals surface area contributed by atoms with Crippen LogP contribution in [0.4, 0.5) is 3.89 Å². The fourth-order valence-electron chi connectivity index (χ4n) is 2.67. The third-order valence-corrected chi connectivity index (χ3v) is 4.73. The summed E-state index contributed by atoms with van der Waals surface area (Å²) >= 11 is 0. The van der Waals surface area contributed by atoms with Crippen LogP contribution in [0.3, 0.4) is 0 Å². The van der Waals surface area contributed by atoms with Crippen molar-refractivity contribution in [3.05, 3.63) is 17.5 Å². The van der Waals surface area contributed by atoms with E-state index < -0.39 is 21.9 Å². The van der Waals surface area contributed by atoms with E-state index in [4.69, 9.17) is 0 Å². The minimum absolute atomic E-state index is 0.0762. The van der Waals surface area contributed by atoms with Gasteiger partial charge in [0.2, 0.25) is 5.91 Å². The van der Waals surface area contributed by atoms with Crippen LogP contribution >= 0.6 is 0 Å². The van der Waals surface area contributed by atoms with Gasteiger partial charge < -0.3 is 4.90 Å². The number of likely N-dealkylation sites (tertiary alicyclic amines) is 1. The predicted octanol–water partition coefficient (Wildman–Crippen LogP) is 0.937. The highest BCUT2D eigenvalue weighted by Crippen LogP contribution is 2.30. The normalized spacial score (nSPS) is 21.5. The molecule has 0 saturated carbocycles. The van der Waals surface area contributed by atoms with E-state index in [2.05, 4.69) is 5.10 Å². The molecule has 1 saturated heterocycles. The lowest BCUT2D eigenvalue weighted by atomic mass is 10.1. The first-order chi connectivity index (χ1) is 9.19. The summed E-state index contributed by atoms with van der Waals surface area (Å²) in [7, 11) is -2.73. The Labute approximate surface area is 117 Å². The van der Waals surface area contributed by atoms with Gasteiger partial charge in [-0.05, 0) is 13.8 Å². The quantitative estimate of drug-likeness (QED) is 0.776. The van der Waals surface area contributed by atoms with E-state index in [9.17, 15) is 17.1 Å². The average Bonchev–Trinajstić information content (AvgIpc) is 2.81. The van der Waals surface area contributed by atoms with Gasteiger partial charge in [0.25, 0.3) is 0 Å². The topological polar surface area (TPSA) is 72.3 Å². The Balaban J connectivity index is 2.14. The van der Waals surface area contributed by atoms with Crippen LogP contribution in [0.5, 0.6) is 0 Å². The molecule has 0 N–H and O–H groups in total. The minimum atomic E-state index is -4.54. The van der Waals surface area contributed by atoms with Crippen molar-refractivity contribution < 1.29 is 17.1 Å². The Hall–Kier alpha value is -1.44. The first kappa shape index (κ1) is 15.0. The van der Waals surface area contributed by atoms with E-state index in [-0.39, 0.29) is 24.9 Å². The smallest absolute Gasteiger partial charge is 0.302 e. The lowest BCUT2D eigenvalue weighted by molar-refractivity contribution is -0.129. The standard InChI is InChI=1S/C12H18FN3O3S/c1-8-11(5-14-15(8)3)9(2)16-6-10(4-12(16)17)7-20(13,18)19/h5,9-10H,4,6-7H2,1-3H3. The summed E-state index contributed by atoms with van der Waals surface area (Å²) in [5.41, 5.74) is 1.87.